The molecule has 2 aromatic rings. The number of nitrogens with one attached hydrogen (secondary N) is 3. The van der Waals surface area contributed by atoms with Crippen molar-refractivity contribution < 1.29 is 39.0 Å². The minimum atomic E-state index is -1.49. The van der Waals surface area contributed by atoms with E-state index in [0.717, 1.165) is 0 Å². The Morgan fingerprint density at radius 1 is 0.643 bits per heavy atom. The normalized spacial score (nSPS) is 13.5. The van der Waals surface area contributed by atoms with Crippen LogP contribution in [0.3, 0.4) is 0 Å². The number of rotatable bonds is 17. The lowest BCUT2D eigenvalue weighted by Gasteiger charge is -2.25. The zero-order valence-electron chi connectivity index (χ0n) is 22.8. The summed E-state index contributed by atoms with van der Waals surface area (Å²) in [5, 5.41) is 26.2. The van der Waals surface area contributed by atoms with Gasteiger partial charge in [-0.1, -0.05) is 42.5 Å². The van der Waals surface area contributed by atoms with Gasteiger partial charge in [0.2, 0.25) is 29.5 Å². The van der Waals surface area contributed by atoms with E-state index in [4.69, 9.17) is 17.2 Å². The van der Waals surface area contributed by atoms with Crippen molar-refractivity contribution in [2.24, 2.45) is 17.2 Å². The van der Waals surface area contributed by atoms with E-state index in [9.17, 15) is 39.0 Å². The molecular formula is C28H36N6O8. The zero-order chi connectivity index (χ0) is 31.2. The van der Waals surface area contributed by atoms with Gasteiger partial charge in [-0.05, 0) is 42.5 Å². The first-order valence-electron chi connectivity index (χ1n) is 13.1. The molecule has 0 aliphatic carbocycles. The molecule has 0 radical (unpaired) electrons. The van der Waals surface area contributed by atoms with Crippen molar-refractivity contribution in [1.82, 2.24) is 16.0 Å². The second-order valence-corrected chi connectivity index (χ2v) is 9.70. The van der Waals surface area contributed by atoms with Gasteiger partial charge in [-0.25, -0.2) is 4.79 Å². The monoisotopic (exact) mass is 584 g/mol. The standard InChI is InChI=1S/C28H36N6O8/c29-19(14-17-6-8-18(35)9-7-17)25(38)34-22(15-16-4-2-1-3-5-16)27(40)32-20(10-12-23(30)36)26(39)33-21(28(41)42)11-13-24(31)37/h1-9,19-22,35H,10-15,29H2,(H2,30,36)(H2,31,37)(H,32,40)(H,33,39)(H,34,38)(H,41,42). The number of carbonyl (C=O) groups excluding carboxylic acids is 5. The van der Waals surface area contributed by atoms with Crippen LogP contribution in [0.2, 0.25) is 0 Å². The van der Waals surface area contributed by atoms with Gasteiger partial charge in [0.05, 0.1) is 6.04 Å². The summed E-state index contributed by atoms with van der Waals surface area (Å²) in [5.74, 6) is -5.30. The molecule has 14 heteroatoms. The first kappa shape index (κ1) is 33.2. The van der Waals surface area contributed by atoms with Crippen molar-refractivity contribution >= 4 is 35.5 Å². The van der Waals surface area contributed by atoms with Crippen molar-refractivity contribution in [2.75, 3.05) is 0 Å². The lowest BCUT2D eigenvalue weighted by atomic mass is 10.0. The fraction of sp³-hybridized carbons (Fsp3) is 0.357. The summed E-state index contributed by atoms with van der Waals surface area (Å²) < 4.78 is 0. The van der Waals surface area contributed by atoms with Crippen molar-refractivity contribution in [3.8, 4) is 5.75 Å². The minimum absolute atomic E-state index is 0.0187. The van der Waals surface area contributed by atoms with E-state index in [1.807, 2.05) is 0 Å². The van der Waals surface area contributed by atoms with Crippen LogP contribution < -0.4 is 33.2 Å². The Balaban J connectivity index is 2.22. The average molecular weight is 585 g/mol. The number of aliphatic carboxylic acids is 1. The number of hydrogen-bond donors (Lipinski definition) is 8. The maximum atomic E-state index is 13.4. The number of primary amides is 2. The number of phenolic OH excluding ortho intramolecular Hbond substituents is 1. The van der Waals surface area contributed by atoms with Crippen LogP contribution in [0.5, 0.6) is 5.75 Å². The number of nitrogens with two attached hydrogens (primary N) is 3. The van der Waals surface area contributed by atoms with Crippen molar-refractivity contribution in [1.29, 1.82) is 0 Å². The van der Waals surface area contributed by atoms with E-state index >= 15 is 0 Å². The number of amides is 5. The molecule has 0 saturated heterocycles. The molecule has 0 bridgehead atoms. The number of aromatic hydroxyl groups is 1. The quantitative estimate of drug-likeness (QED) is 0.108. The first-order valence-corrected chi connectivity index (χ1v) is 13.1. The maximum absolute atomic E-state index is 13.4. The van der Waals surface area contributed by atoms with Gasteiger partial charge >= 0.3 is 5.97 Å². The van der Waals surface area contributed by atoms with E-state index in [2.05, 4.69) is 16.0 Å². The largest absolute Gasteiger partial charge is 0.508 e. The molecule has 4 unspecified atom stereocenters. The average Bonchev–Trinajstić information content (AvgIpc) is 2.93. The van der Waals surface area contributed by atoms with E-state index < -0.39 is 59.7 Å². The third kappa shape index (κ3) is 11.6. The van der Waals surface area contributed by atoms with Crippen molar-refractivity contribution in [3.05, 3.63) is 65.7 Å². The predicted molar refractivity (Wildman–Crippen MR) is 150 cm³/mol. The van der Waals surface area contributed by atoms with Crippen LogP contribution in [0.15, 0.2) is 54.6 Å². The molecule has 0 fully saturated rings. The molecule has 14 nitrogen and oxygen atoms in total. The third-order valence-corrected chi connectivity index (χ3v) is 6.25. The van der Waals surface area contributed by atoms with Gasteiger partial charge in [0.15, 0.2) is 0 Å². The van der Waals surface area contributed by atoms with Gasteiger partial charge in [-0.15, -0.1) is 0 Å². The molecule has 0 aliphatic heterocycles. The molecule has 5 amide bonds. The number of carbonyl (C=O) groups is 6. The van der Waals surface area contributed by atoms with Gasteiger partial charge in [0, 0.05) is 19.3 Å². The van der Waals surface area contributed by atoms with Crippen LogP contribution in [-0.4, -0.2) is 69.9 Å². The number of benzene rings is 2. The summed E-state index contributed by atoms with van der Waals surface area (Å²) in [6.45, 7) is 0. The highest BCUT2D eigenvalue weighted by Crippen LogP contribution is 2.12. The summed E-state index contributed by atoms with van der Waals surface area (Å²) in [6, 6.07) is 9.66. The summed E-state index contributed by atoms with van der Waals surface area (Å²) in [6.07, 6.45) is -1.06. The third-order valence-electron chi connectivity index (χ3n) is 6.25. The van der Waals surface area contributed by atoms with Gasteiger partial charge in [0.1, 0.15) is 23.9 Å². The van der Waals surface area contributed by atoms with Crippen LogP contribution in [0.1, 0.15) is 36.8 Å². The molecule has 2 aromatic carbocycles. The molecule has 0 aromatic heterocycles. The predicted octanol–water partition coefficient (Wildman–Crippen LogP) is -1.43. The Morgan fingerprint density at radius 2 is 1.12 bits per heavy atom. The second kappa shape index (κ2) is 16.3. The Bertz CT molecular complexity index is 1250. The molecule has 42 heavy (non-hydrogen) atoms. The Hall–Kier alpha value is -4.98. The molecule has 0 saturated carbocycles. The number of carboxylic acid groups (broad SMARTS) is 1. The SMILES string of the molecule is NC(=O)CCC(NC(=O)C(CCC(N)=O)NC(=O)C(Cc1ccccc1)NC(=O)C(N)Cc1ccc(O)cc1)C(=O)O. The maximum Gasteiger partial charge on any atom is 0.326 e. The molecular weight excluding hydrogens is 548 g/mol. The van der Waals surface area contributed by atoms with Crippen LogP contribution in [0.25, 0.3) is 0 Å². The van der Waals surface area contributed by atoms with E-state index in [1.165, 1.54) is 12.1 Å². The van der Waals surface area contributed by atoms with Gasteiger partial charge < -0.3 is 43.4 Å². The fourth-order valence-electron chi connectivity index (χ4n) is 3.96. The van der Waals surface area contributed by atoms with Crippen LogP contribution in [0, 0.1) is 0 Å². The van der Waals surface area contributed by atoms with E-state index in [0.29, 0.717) is 11.1 Å². The fourth-order valence-corrected chi connectivity index (χ4v) is 3.96. The number of carboxylic acids is 1. The zero-order valence-corrected chi connectivity index (χ0v) is 22.8. The van der Waals surface area contributed by atoms with E-state index in [-0.39, 0.29) is 44.3 Å². The van der Waals surface area contributed by atoms with E-state index in [1.54, 1.807) is 42.5 Å². The number of phenols is 1. The molecule has 0 aliphatic rings. The molecule has 2 rings (SSSR count). The topological polar surface area (TPSA) is 257 Å². The Labute approximate surface area is 242 Å². The smallest absolute Gasteiger partial charge is 0.326 e. The molecule has 0 heterocycles. The lowest BCUT2D eigenvalue weighted by molar-refractivity contribution is -0.142. The highest BCUT2D eigenvalue weighted by molar-refractivity contribution is 5.94. The van der Waals surface area contributed by atoms with Gasteiger partial charge in [-0.2, -0.15) is 0 Å². The molecule has 0 spiro atoms. The van der Waals surface area contributed by atoms with Crippen molar-refractivity contribution in [2.45, 2.75) is 62.7 Å². The summed E-state index contributed by atoms with van der Waals surface area (Å²) in [7, 11) is 0. The van der Waals surface area contributed by atoms with Crippen LogP contribution >= 0.6 is 0 Å². The van der Waals surface area contributed by atoms with Gasteiger partial charge in [-0.3, -0.25) is 24.0 Å². The molecule has 11 N–H and O–H groups in total. The highest BCUT2D eigenvalue weighted by atomic mass is 16.4. The first-order chi connectivity index (χ1) is 19.8. The summed E-state index contributed by atoms with van der Waals surface area (Å²) in [5.41, 5.74) is 17.7. The van der Waals surface area contributed by atoms with Gasteiger partial charge in [0.25, 0.3) is 0 Å². The summed E-state index contributed by atoms with van der Waals surface area (Å²) in [4.78, 5) is 73.6. The molecule has 4 atom stereocenters. The minimum Gasteiger partial charge on any atom is -0.508 e. The Morgan fingerprint density at radius 3 is 1.67 bits per heavy atom. The molecule has 226 valence electrons. The van der Waals surface area contributed by atoms with Crippen molar-refractivity contribution in [3.63, 3.8) is 0 Å². The van der Waals surface area contributed by atoms with Crippen LogP contribution in [0.4, 0.5) is 0 Å². The number of hydrogen-bond acceptors (Lipinski definition) is 8. The summed E-state index contributed by atoms with van der Waals surface area (Å²) >= 11 is 0. The highest BCUT2D eigenvalue weighted by Gasteiger charge is 2.31. The van der Waals surface area contributed by atoms with Crippen LogP contribution in [-0.2, 0) is 41.6 Å². The Kier molecular flexibility index (Phi) is 12.9. The second-order valence-electron chi connectivity index (χ2n) is 9.70. The lowest BCUT2D eigenvalue weighted by Crippen LogP contribution is -2.58.